The van der Waals surface area contributed by atoms with Crippen LogP contribution >= 0.6 is 0 Å². The molecular formula is C90H54N8. The molecule has 3 aromatic heterocycles. The molecule has 0 radical (unpaired) electrons. The Morgan fingerprint density at radius 1 is 0.214 bits per heavy atom. The number of aromatic nitrogens is 5. The number of rotatable bonds is 12. The summed E-state index contributed by atoms with van der Waals surface area (Å²) in [6.45, 7) is 0. The molecule has 0 bridgehead atoms. The van der Waals surface area contributed by atoms with Crippen molar-refractivity contribution in [2.45, 2.75) is 0 Å². The Hall–Kier alpha value is -13.8. The molecule has 0 N–H and O–H groups in total. The molecule has 0 amide bonds. The topological polar surface area (TPSA) is 120 Å². The van der Waals surface area contributed by atoms with Crippen LogP contribution in [0.4, 0.5) is 0 Å². The van der Waals surface area contributed by atoms with Crippen LogP contribution in [0.5, 0.6) is 0 Å². The first-order valence-corrected chi connectivity index (χ1v) is 32.5. The fraction of sp³-hybridized carbons (Fsp3) is 0. The van der Waals surface area contributed by atoms with Gasteiger partial charge in [0.2, 0.25) is 0 Å². The van der Waals surface area contributed by atoms with Crippen molar-refractivity contribution in [2.75, 3.05) is 0 Å². The zero-order valence-corrected chi connectivity index (χ0v) is 52.8. The quantitative estimate of drug-likeness (QED) is 0.120. The third-order valence-corrected chi connectivity index (χ3v) is 18.6. The average Bonchev–Trinajstić information content (AvgIpc) is 1.57. The van der Waals surface area contributed by atoms with Crippen LogP contribution in [0, 0.1) is 34.0 Å². The van der Waals surface area contributed by atoms with Gasteiger partial charge in [0.05, 0.1) is 57.0 Å². The molecule has 0 aliphatic heterocycles. The van der Waals surface area contributed by atoms with E-state index >= 15 is 0 Å². The van der Waals surface area contributed by atoms with Gasteiger partial charge in [-0.1, -0.05) is 212 Å². The highest BCUT2D eigenvalue weighted by atomic mass is 15.0. The van der Waals surface area contributed by atoms with Crippen molar-refractivity contribution in [3.8, 4) is 142 Å². The van der Waals surface area contributed by atoms with Crippen LogP contribution in [-0.4, -0.2) is 24.1 Å². The van der Waals surface area contributed by atoms with E-state index in [4.69, 9.17) is 15.0 Å². The second-order valence-electron chi connectivity index (χ2n) is 24.5. The van der Waals surface area contributed by atoms with E-state index in [9.17, 15) is 15.8 Å². The fourth-order valence-corrected chi connectivity index (χ4v) is 13.9. The summed E-state index contributed by atoms with van der Waals surface area (Å²) in [6.07, 6.45) is 0. The first kappa shape index (κ1) is 58.0. The summed E-state index contributed by atoms with van der Waals surface area (Å²) in [7, 11) is 0. The van der Waals surface area contributed by atoms with E-state index < -0.39 is 0 Å². The smallest absolute Gasteiger partial charge is 0.164 e. The number of nitriles is 3. The Kier molecular flexibility index (Phi) is 14.5. The van der Waals surface area contributed by atoms with Gasteiger partial charge in [-0.2, -0.15) is 15.8 Å². The monoisotopic (exact) mass is 1250 g/mol. The Bertz CT molecular complexity index is 5630. The Morgan fingerprint density at radius 2 is 0.531 bits per heavy atom. The third kappa shape index (κ3) is 10.6. The van der Waals surface area contributed by atoms with Crippen LogP contribution in [0.3, 0.4) is 0 Å². The molecule has 0 aliphatic carbocycles. The second kappa shape index (κ2) is 24.6. The summed E-state index contributed by atoms with van der Waals surface area (Å²) < 4.78 is 4.66. The van der Waals surface area contributed by atoms with Gasteiger partial charge in [-0.3, -0.25) is 0 Å². The van der Waals surface area contributed by atoms with Crippen molar-refractivity contribution in [3.63, 3.8) is 0 Å². The Labute approximate surface area is 566 Å². The van der Waals surface area contributed by atoms with E-state index in [-0.39, 0.29) is 0 Å². The number of benzene rings is 14. The number of nitrogens with zero attached hydrogens (tertiary/aromatic N) is 8. The van der Waals surface area contributed by atoms with Gasteiger partial charge in [0, 0.05) is 55.2 Å². The highest BCUT2D eigenvalue weighted by Crippen LogP contribution is 2.44. The minimum absolute atomic E-state index is 0.391. The van der Waals surface area contributed by atoms with E-state index in [0.717, 1.165) is 133 Å². The van der Waals surface area contributed by atoms with Gasteiger partial charge in [0.1, 0.15) is 0 Å². The van der Waals surface area contributed by atoms with Crippen molar-refractivity contribution in [1.29, 1.82) is 15.8 Å². The molecule has 0 aliphatic rings. The normalized spacial score (nSPS) is 11.2. The zero-order valence-electron chi connectivity index (χ0n) is 52.8. The SMILES string of the molecule is N#Cc1cccc(-c2cc(-c3nc(-c4cc(-c5cccc(C#N)c5)cc(-n5c6ccc(-c7ccccc7)cc6c6cc(-c7ccccc7)ccc65)c4)nc(-c4ccccc4-c4ccccc4C#N)n3)cc(-n3c4ccc(-c5ccccc5)cc4c4cc(-c5ccccc5)ccc43)c2)c1. The Balaban J connectivity index is 0.942. The van der Waals surface area contributed by atoms with Crippen LogP contribution in [0.2, 0.25) is 0 Å². The lowest BCUT2D eigenvalue weighted by atomic mass is 9.95. The first-order valence-electron chi connectivity index (χ1n) is 32.5. The second-order valence-corrected chi connectivity index (χ2v) is 24.5. The van der Waals surface area contributed by atoms with E-state index in [1.807, 2.05) is 121 Å². The lowest BCUT2D eigenvalue weighted by molar-refractivity contribution is 1.07. The van der Waals surface area contributed by atoms with Crippen molar-refractivity contribution in [3.05, 3.63) is 344 Å². The highest BCUT2D eigenvalue weighted by Gasteiger charge is 2.24. The van der Waals surface area contributed by atoms with Crippen molar-refractivity contribution in [2.24, 2.45) is 0 Å². The van der Waals surface area contributed by atoms with Crippen LogP contribution in [0.1, 0.15) is 16.7 Å². The molecule has 0 saturated heterocycles. The molecule has 0 atom stereocenters. The molecule has 17 rings (SSSR count). The van der Waals surface area contributed by atoms with Gasteiger partial charge < -0.3 is 9.13 Å². The lowest BCUT2D eigenvalue weighted by Crippen LogP contribution is -2.03. The van der Waals surface area contributed by atoms with E-state index in [1.54, 1.807) is 0 Å². The van der Waals surface area contributed by atoms with Crippen LogP contribution in [0.25, 0.3) is 167 Å². The maximum absolute atomic E-state index is 10.6. The minimum atomic E-state index is 0.391. The van der Waals surface area contributed by atoms with Crippen LogP contribution in [-0.2, 0) is 0 Å². The maximum atomic E-state index is 10.6. The van der Waals surface area contributed by atoms with E-state index in [2.05, 4.69) is 234 Å². The van der Waals surface area contributed by atoms with Crippen molar-refractivity contribution < 1.29 is 0 Å². The van der Waals surface area contributed by atoms with Gasteiger partial charge >= 0.3 is 0 Å². The summed E-state index contributed by atoms with van der Waals surface area (Å²) in [5.41, 5.74) is 23.2. The largest absolute Gasteiger partial charge is 0.309 e. The zero-order chi connectivity index (χ0) is 65.6. The molecule has 454 valence electrons. The molecule has 0 unspecified atom stereocenters. The van der Waals surface area contributed by atoms with E-state index in [0.29, 0.717) is 50.9 Å². The van der Waals surface area contributed by atoms with Gasteiger partial charge in [-0.25, -0.2) is 15.0 Å². The number of fused-ring (bicyclic) bond motifs is 6. The highest BCUT2D eigenvalue weighted by molar-refractivity contribution is 6.13. The van der Waals surface area contributed by atoms with E-state index in [1.165, 1.54) is 0 Å². The number of hydrogen-bond donors (Lipinski definition) is 0. The molecule has 3 heterocycles. The molecular weight excluding hydrogens is 1190 g/mol. The minimum Gasteiger partial charge on any atom is -0.309 e. The summed E-state index contributed by atoms with van der Waals surface area (Å²) in [5.74, 6) is 1.18. The first-order chi connectivity index (χ1) is 48.4. The summed E-state index contributed by atoms with van der Waals surface area (Å²) in [5, 5.41) is 35.8. The predicted molar refractivity (Wildman–Crippen MR) is 397 cm³/mol. The van der Waals surface area contributed by atoms with Gasteiger partial charge in [0.15, 0.2) is 17.5 Å². The van der Waals surface area contributed by atoms with Crippen LogP contribution in [0.15, 0.2) is 328 Å². The molecule has 0 fully saturated rings. The molecule has 0 spiro atoms. The molecule has 98 heavy (non-hydrogen) atoms. The standard InChI is InChI=1S/C90H54N8/c91-55-58-19-17-30-64(43-58)71-45-73(49-75(47-71)97-84-39-35-66(60-21-5-1-6-22-60)51-80(84)81-52-67(36-40-85(81)97)61-23-7-2-8-24-61)88-94-89(96-90(95-88)79-34-16-15-33-78(79)77-32-14-13-29-70(77)57-93)74-46-72(65-31-18-20-59(44-65)56-92)48-76(50-74)98-86-41-37-68(62-25-9-3-10-26-62)53-82(86)83-54-69(38-42-87(83)98)63-27-11-4-12-28-63/h1-54H. The molecule has 8 nitrogen and oxygen atoms in total. The Morgan fingerprint density at radius 3 is 0.908 bits per heavy atom. The molecule has 8 heteroatoms. The third-order valence-electron chi connectivity index (χ3n) is 18.6. The summed E-state index contributed by atoms with van der Waals surface area (Å²) in [6, 6.07) is 120. The number of hydrogen-bond acceptors (Lipinski definition) is 6. The summed E-state index contributed by atoms with van der Waals surface area (Å²) in [4.78, 5) is 16.8. The van der Waals surface area contributed by atoms with Gasteiger partial charge in [0.25, 0.3) is 0 Å². The predicted octanol–water partition coefficient (Wildman–Crippen LogP) is 22.4. The average molecular weight is 1250 g/mol. The molecule has 14 aromatic carbocycles. The molecule has 17 aromatic rings. The van der Waals surface area contributed by atoms with Gasteiger partial charge in [-0.15, -0.1) is 0 Å². The summed E-state index contributed by atoms with van der Waals surface area (Å²) >= 11 is 0. The van der Waals surface area contributed by atoms with Crippen LogP contribution < -0.4 is 0 Å². The van der Waals surface area contributed by atoms with Crippen molar-refractivity contribution >= 4 is 43.6 Å². The lowest BCUT2D eigenvalue weighted by Gasteiger charge is -2.17. The van der Waals surface area contributed by atoms with Crippen molar-refractivity contribution in [1.82, 2.24) is 24.1 Å². The maximum Gasteiger partial charge on any atom is 0.164 e. The van der Waals surface area contributed by atoms with Gasteiger partial charge in [-0.05, 0) is 188 Å². The molecule has 0 saturated carbocycles. The fourth-order valence-electron chi connectivity index (χ4n) is 13.9.